The van der Waals surface area contributed by atoms with E-state index in [2.05, 4.69) is 54.1 Å². The van der Waals surface area contributed by atoms with Crippen LogP contribution in [0.5, 0.6) is 5.75 Å². The number of nitrogens with zero attached hydrogens (tertiary/aromatic N) is 4. The average molecular weight is 568 g/mol. The minimum absolute atomic E-state index is 0.242. The first-order valence-electron chi connectivity index (χ1n) is 10.4. The van der Waals surface area contributed by atoms with Gasteiger partial charge in [0.05, 0.1) is 5.70 Å². The van der Waals surface area contributed by atoms with Crippen LogP contribution in [0.4, 0.5) is 10.3 Å². The van der Waals surface area contributed by atoms with Crippen LogP contribution >= 0.6 is 31.9 Å². The smallest absolute Gasteiger partial charge is 0.229 e. The molecule has 3 heterocycles. The average Bonchev–Trinajstić information content (AvgIpc) is 3.30. The van der Waals surface area contributed by atoms with Crippen LogP contribution in [0.3, 0.4) is 0 Å². The number of benzene rings is 3. The number of hydrogen-bond donors (Lipinski definition) is 0. The Morgan fingerprint density at radius 2 is 1.58 bits per heavy atom. The largest absolute Gasteiger partial charge is 0.480 e. The normalized spacial score (nSPS) is 19.0. The van der Waals surface area contributed by atoms with Crippen LogP contribution in [0.25, 0.3) is 5.70 Å². The van der Waals surface area contributed by atoms with Crippen molar-refractivity contribution in [3.8, 4) is 5.75 Å². The van der Waals surface area contributed by atoms with Gasteiger partial charge >= 0.3 is 0 Å². The van der Waals surface area contributed by atoms with Gasteiger partial charge in [0.15, 0.2) is 0 Å². The lowest BCUT2D eigenvalue weighted by Crippen LogP contribution is -2.37. The summed E-state index contributed by atoms with van der Waals surface area (Å²) in [7, 11) is 1.96. The first-order valence-corrected chi connectivity index (χ1v) is 11.9. The van der Waals surface area contributed by atoms with Gasteiger partial charge in [0.1, 0.15) is 30.0 Å². The van der Waals surface area contributed by atoms with Gasteiger partial charge < -0.3 is 9.64 Å². The van der Waals surface area contributed by atoms with Crippen LogP contribution in [0.2, 0.25) is 0 Å². The summed E-state index contributed by atoms with van der Waals surface area (Å²) in [6, 6.07) is 20.7. The molecule has 8 heteroatoms. The fraction of sp³-hybridized carbons (Fsp3) is 0.120. The summed E-state index contributed by atoms with van der Waals surface area (Å²) in [5, 5.41) is 4.59. The van der Waals surface area contributed by atoms with Crippen LogP contribution in [0.15, 0.2) is 87.6 Å². The third kappa shape index (κ3) is 3.31. The van der Waals surface area contributed by atoms with Crippen molar-refractivity contribution in [2.45, 2.75) is 12.1 Å². The Morgan fingerprint density at radius 1 is 0.909 bits per heavy atom. The van der Waals surface area contributed by atoms with Crippen molar-refractivity contribution in [2.24, 2.45) is 0 Å². The molecule has 3 aromatic carbocycles. The maximum atomic E-state index is 14.2. The van der Waals surface area contributed by atoms with E-state index in [1.807, 2.05) is 53.0 Å². The first-order chi connectivity index (χ1) is 16.0. The number of aromatic nitrogens is 3. The summed E-state index contributed by atoms with van der Waals surface area (Å²) < 4.78 is 24.6. The van der Waals surface area contributed by atoms with Crippen molar-refractivity contribution in [2.75, 3.05) is 11.9 Å². The van der Waals surface area contributed by atoms with E-state index in [1.54, 1.807) is 12.4 Å². The minimum Gasteiger partial charge on any atom is -0.480 e. The van der Waals surface area contributed by atoms with E-state index in [9.17, 15) is 4.39 Å². The topological polar surface area (TPSA) is 43.2 Å². The van der Waals surface area contributed by atoms with E-state index in [-0.39, 0.29) is 11.9 Å². The molecule has 1 aromatic heterocycles. The van der Waals surface area contributed by atoms with Crippen molar-refractivity contribution >= 4 is 43.5 Å². The Labute approximate surface area is 206 Å². The number of hydrogen-bond acceptors (Lipinski definition) is 4. The maximum absolute atomic E-state index is 14.2. The van der Waals surface area contributed by atoms with E-state index in [0.717, 1.165) is 36.9 Å². The molecular weight excluding hydrogens is 551 g/mol. The van der Waals surface area contributed by atoms with Crippen LogP contribution in [0, 0.1) is 5.82 Å². The Hall–Kier alpha value is -2.97. The lowest BCUT2D eigenvalue weighted by atomic mass is 9.84. The predicted molar refractivity (Wildman–Crippen MR) is 132 cm³/mol. The summed E-state index contributed by atoms with van der Waals surface area (Å²) >= 11 is 7.05. The molecule has 0 saturated carbocycles. The maximum Gasteiger partial charge on any atom is 0.229 e. The van der Waals surface area contributed by atoms with Gasteiger partial charge in [-0.1, -0.05) is 56.1 Å². The molecule has 0 saturated heterocycles. The van der Waals surface area contributed by atoms with Gasteiger partial charge in [-0.3, -0.25) is 0 Å². The van der Waals surface area contributed by atoms with E-state index < -0.39 is 6.10 Å². The third-order valence-corrected chi connectivity index (χ3v) is 7.14. The zero-order valence-electron chi connectivity index (χ0n) is 17.4. The zero-order chi connectivity index (χ0) is 22.7. The quantitative estimate of drug-likeness (QED) is 0.276. The van der Waals surface area contributed by atoms with E-state index >= 15 is 0 Å². The first kappa shape index (κ1) is 20.6. The Balaban J connectivity index is 1.66. The fourth-order valence-corrected chi connectivity index (χ4v) is 5.18. The highest BCUT2D eigenvalue weighted by Crippen LogP contribution is 2.52. The standard InChI is InChI=1S/C25H17Br2FN4O/c1-31-23-19-11-10-18(28)12-20(19)33-24(15-4-8-17(27)9-5-15)21(23)22(32-25(31)29-13-30-32)14-2-6-16(26)7-3-14/h2-13,22,24H,1H3/t22-,24+/m0/s1. The highest BCUT2D eigenvalue weighted by molar-refractivity contribution is 9.10. The molecule has 164 valence electrons. The van der Waals surface area contributed by atoms with Crippen molar-refractivity contribution in [1.82, 2.24) is 14.8 Å². The molecule has 0 fully saturated rings. The SMILES string of the molecule is CN1C2=C([C@H](c3ccc(Br)cc3)n3ncnc31)[C@@H](c1ccc(Br)cc1)Oc1cc(F)ccc12. The molecule has 33 heavy (non-hydrogen) atoms. The summed E-state index contributed by atoms with van der Waals surface area (Å²) in [4.78, 5) is 6.55. The summed E-state index contributed by atoms with van der Waals surface area (Å²) in [5.74, 6) is 0.892. The van der Waals surface area contributed by atoms with Gasteiger partial charge in [-0.2, -0.15) is 10.1 Å². The second-order valence-electron chi connectivity index (χ2n) is 8.01. The zero-order valence-corrected chi connectivity index (χ0v) is 20.6. The number of ether oxygens (including phenoxy) is 1. The Bertz CT molecular complexity index is 1400. The van der Waals surface area contributed by atoms with Gasteiger partial charge in [0.2, 0.25) is 5.95 Å². The van der Waals surface area contributed by atoms with E-state index in [0.29, 0.717) is 11.7 Å². The lowest BCUT2D eigenvalue weighted by molar-refractivity contribution is 0.221. The molecule has 0 radical (unpaired) electrons. The lowest BCUT2D eigenvalue weighted by Gasteiger charge is -2.42. The van der Waals surface area contributed by atoms with Crippen molar-refractivity contribution in [3.63, 3.8) is 0 Å². The second-order valence-corrected chi connectivity index (χ2v) is 9.84. The molecule has 0 N–H and O–H groups in total. The van der Waals surface area contributed by atoms with E-state index in [4.69, 9.17) is 4.74 Å². The number of anilines is 1. The molecule has 6 rings (SSSR count). The predicted octanol–water partition coefficient (Wildman–Crippen LogP) is 6.53. The number of rotatable bonds is 2. The van der Waals surface area contributed by atoms with Crippen molar-refractivity contribution in [3.05, 3.63) is 110 Å². The Kier molecular flexibility index (Phi) is 4.88. The number of halogens is 3. The molecule has 0 aliphatic carbocycles. The molecule has 0 bridgehead atoms. The van der Waals surface area contributed by atoms with Gasteiger partial charge in [0, 0.05) is 33.2 Å². The van der Waals surface area contributed by atoms with Crippen molar-refractivity contribution < 1.29 is 9.13 Å². The number of fused-ring (bicyclic) bond motifs is 3. The van der Waals surface area contributed by atoms with Gasteiger partial charge in [-0.25, -0.2) is 9.07 Å². The fourth-order valence-electron chi connectivity index (χ4n) is 4.66. The van der Waals surface area contributed by atoms with Crippen LogP contribution in [-0.2, 0) is 0 Å². The molecule has 2 aliphatic heterocycles. The summed E-state index contributed by atoms with van der Waals surface area (Å²) in [6.07, 6.45) is 1.13. The highest BCUT2D eigenvalue weighted by atomic mass is 79.9. The highest BCUT2D eigenvalue weighted by Gasteiger charge is 2.43. The Morgan fingerprint density at radius 3 is 2.27 bits per heavy atom. The third-order valence-electron chi connectivity index (χ3n) is 6.09. The molecule has 5 nitrogen and oxygen atoms in total. The molecule has 0 spiro atoms. The summed E-state index contributed by atoms with van der Waals surface area (Å²) in [6.45, 7) is 0. The molecular formula is C25H17Br2FN4O. The second kappa shape index (κ2) is 7.81. The molecule has 2 atom stereocenters. The van der Waals surface area contributed by atoms with Gasteiger partial charge in [0.25, 0.3) is 0 Å². The summed E-state index contributed by atoms with van der Waals surface area (Å²) in [5.41, 5.74) is 4.84. The molecule has 0 amide bonds. The molecule has 2 aliphatic rings. The van der Waals surface area contributed by atoms with Crippen LogP contribution in [-0.4, -0.2) is 21.8 Å². The van der Waals surface area contributed by atoms with Gasteiger partial charge in [-0.15, -0.1) is 0 Å². The molecule has 0 unspecified atom stereocenters. The van der Waals surface area contributed by atoms with E-state index in [1.165, 1.54) is 12.1 Å². The van der Waals surface area contributed by atoms with Crippen molar-refractivity contribution in [1.29, 1.82) is 0 Å². The van der Waals surface area contributed by atoms with Crippen LogP contribution in [0.1, 0.15) is 28.8 Å². The van der Waals surface area contributed by atoms with Gasteiger partial charge in [-0.05, 0) is 47.5 Å². The monoisotopic (exact) mass is 566 g/mol. The molecule has 4 aromatic rings. The minimum atomic E-state index is -0.434. The van der Waals surface area contributed by atoms with Crippen LogP contribution < -0.4 is 9.64 Å².